The van der Waals surface area contributed by atoms with E-state index < -0.39 is 5.91 Å². The molecule has 0 fully saturated rings. The molecule has 2 aromatic rings. The molecule has 2 amide bonds. The zero-order chi connectivity index (χ0) is 22.6. The molecular formula is C22H27N3O6. The molecule has 9 heteroatoms. The predicted molar refractivity (Wildman–Crippen MR) is 116 cm³/mol. The molecule has 166 valence electrons. The van der Waals surface area contributed by atoms with Crippen LogP contribution in [0.4, 0.5) is 0 Å². The van der Waals surface area contributed by atoms with Gasteiger partial charge in [0.15, 0.2) is 11.5 Å². The minimum atomic E-state index is -0.480. The first-order valence-electron chi connectivity index (χ1n) is 9.65. The van der Waals surface area contributed by atoms with Gasteiger partial charge in [-0.25, -0.2) is 5.43 Å². The lowest BCUT2D eigenvalue weighted by molar-refractivity contribution is -0.120. The summed E-state index contributed by atoms with van der Waals surface area (Å²) in [6.45, 7) is 2.40. The number of benzene rings is 2. The van der Waals surface area contributed by atoms with Gasteiger partial charge >= 0.3 is 0 Å². The summed E-state index contributed by atoms with van der Waals surface area (Å²) < 4.78 is 21.4. The largest absolute Gasteiger partial charge is 0.494 e. The lowest BCUT2D eigenvalue weighted by Gasteiger charge is -2.13. The molecule has 0 aliphatic carbocycles. The van der Waals surface area contributed by atoms with E-state index in [9.17, 15) is 9.59 Å². The van der Waals surface area contributed by atoms with E-state index in [1.807, 2.05) is 6.92 Å². The van der Waals surface area contributed by atoms with E-state index in [1.165, 1.54) is 27.5 Å². The minimum Gasteiger partial charge on any atom is -0.494 e. The number of hydrogen-bond acceptors (Lipinski definition) is 7. The number of hydrazone groups is 1. The van der Waals surface area contributed by atoms with Gasteiger partial charge in [-0.3, -0.25) is 9.59 Å². The summed E-state index contributed by atoms with van der Waals surface area (Å²) in [7, 11) is 4.51. The van der Waals surface area contributed by atoms with Crippen LogP contribution >= 0.6 is 0 Å². The summed E-state index contributed by atoms with van der Waals surface area (Å²) in [5.41, 5.74) is 3.36. The Labute approximate surface area is 181 Å². The third-order valence-corrected chi connectivity index (χ3v) is 4.13. The molecule has 2 aromatic carbocycles. The fourth-order valence-corrected chi connectivity index (χ4v) is 2.62. The van der Waals surface area contributed by atoms with E-state index in [4.69, 9.17) is 18.9 Å². The predicted octanol–water partition coefficient (Wildman–Crippen LogP) is 2.38. The van der Waals surface area contributed by atoms with Crippen LogP contribution < -0.4 is 29.7 Å². The number of carbonyl (C=O) groups is 2. The molecule has 31 heavy (non-hydrogen) atoms. The Morgan fingerprint density at radius 3 is 2.29 bits per heavy atom. The highest BCUT2D eigenvalue weighted by Crippen LogP contribution is 2.38. The molecular weight excluding hydrogens is 402 g/mol. The Morgan fingerprint density at radius 1 is 0.968 bits per heavy atom. The van der Waals surface area contributed by atoms with Gasteiger partial charge in [-0.05, 0) is 42.8 Å². The molecule has 0 saturated heterocycles. The molecule has 0 aromatic heterocycles. The van der Waals surface area contributed by atoms with Crippen LogP contribution in [-0.2, 0) is 4.79 Å². The van der Waals surface area contributed by atoms with Crippen LogP contribution in [-0.4, -0.2) is 52.5 Å². The molecule has 0 unspecified atom stereocenters. The number of nitrogens with one attached hydrogen (secondary N) is 2. The van der Waals surface area contributed by atoms with E-state index in [2.05, 4.69) is 15.8 Å². The lowest BCUT2D eigenvalue weighted by atomic mass is 10.2. The zero-order valence-electron chi connectivity index (χ0n) is 18.1. The van der Waals surface area contributed by atoms with Crippen molar-refractivity contribution in [2.24, 2.45) is 5.10 Å². The molecule has 9 nitrogen and oxygen atoms in total. The number of amides is 2. The second kappa shape index (κ2) is 12.1. The first-order valence-corrected chi connectivity index (χ1v) is 9.65. The van der Waals surface area contributed by atoms with Crippen LogP contribution in [0.5, 0.6) is 23.0 Å². The monoisotopic (exact) mass is 429 g/mol. The summed E-state index contributed by atoms with van der Waals surface area (Å²) in [5, 5.41) is 6.44. The van der Waals surface area contributed by atoms with E-state index in [1.54, 1.807) is 36.4 Å². The number of ether oxygens (including phenoxy) is 4. The van der Waals surface area contributed by atoms with E-state index in [0.717, 1.165) is 6.42 Å². The summed E-state index contributed by atoms with van der Waals surface area (Å²) >= 11 is 0. The van der Waals surface area contributed by atoms with Crippen molar-refractivity contribution in [2.45, 2.75) is 13.3 Å². The highest BCUT2D eigenvalue weighted by molar-refractivity contribution is 5.96. The minimum absolute atomic E-state index is 0.229. The van der Waals surface area contributed by atoms with Crippen molar-refractivity contribution in [3.63, 3.8) is 0 Å². The average Bonchev–Trinajstić information content (AvgIpc) is 2.80. The van der Waals surface area contributed by atoms with Gasteiger partial charge in [0, 0.05) is 11.1 Å². The van der Waals surface area contributed by atoms with Gasteiger partial charge in [-0.15, -0.1) is 0 Å². The Morgan fingerprint density at radius 2 is 1.68 bits per heavy atom. The molecule has 2 N–H and O–H groups in total. The molecule has 0 saturated carbocycles. The maximum absolute atomic E-state index is 12.2. The molecule has 0 aliphatic heterocycles. The van der Waals surface area contributed by atoms with Gasteiger partial charge < -0.3 is 24.3 Å². The molecule has 0 aliphatic rings. The van der Waals surface area contributed by atoms with Crippen LogP contribution in [0, 0.1) is 0 Å². The van der Waals surface area contributed by atoms with Crippen molar-refractivity contribution in [2.75, 3.05) is 34.5 Å². The molecule has 0 radical (unpaired) electrons. The smallest absolute Gasteiger partial charge is 0.259 e. The second-order valence-electron chi connectivity index (χ2n) is 6.27. The van der Waals surface area contributed by atoms with Crippen LogP contribution in [0.3, 0.4) is 0 Å². The van der Waals surface area contributed by atoms with Crippen molar-refractivity contribution in [3.05, 3.63) is 47.5 Å². The summed E-state index contributed by atoms with van der Waals surface area (Å²) in [4.78, 5) is 24.2. The molecule has 0 spiro atoms. The zero-order valence-corrected chi connectivity index (χ0v) is 18.1. The van der Waals surface area contributed by atoms with E-state index in [-0.39, 0.29) is 12.5 Å². The van der Waals surface area contributed by atoms with E-state index >= 15 is 0 Å². The summed E-state index contributed by atoms with van der Waals surface area (Å²) in [5.74, 6) is 1.18. The van der Waals surface area contributed by atoms with E-state index in [0.29, 0.717) is 40.7 Å². The standard InChI is InChI=1S/C22H27N3O6/c1-5-12-31-17-9-6-15(7-10-17)22(27)23-14-19(26)25-24-13-16-8-11-18(28-2)21(30-4)20(16)29-3/h6-11,13H,5,12,14H2,1-4H3,(H,23,27)(H,25,26)/b24-13+. The Balaban J connectivity index is 1.89. The number of methoxy groups -OCH3 is 3. The van der Waals surface area contributed by atoms with Crippen molar-refractivity contribution in [1.82, 2.24) is 10.7 Å². The molecule has 0 bridgehead atoms. The van der Waals surface area contributed by atoms with Crippen molar-refractivity contribution >= 4 is 18.0 Å². The number of hydrogen-bond donors (Lipinski definition) is 2. The SMILES string of the molecule is CCCOc1ccc(C(=O)NCC(=O)N/N=C/c2ccc(OC)c(OC)c2OC)cc1. The maximum atomic E-state index is 12.2. The van der Waals surface area contributed by atoms with Crippen LogP contribution in [0.15, 0.2) is 41.5 Å². The first-order chi connectivity index (χ1) is 15.0. The van der Waals surface area contributed by atoms with Gasteiger partial charge in [0.1, 0.15) is 5.75 Å². The van der Waals surface area contributed by atoms with Gasteiger partial charge in [0.25, 0.3) is 11.8 Å². The molecule has 0 heterocycles. The van der Waals surface area contributed by atoms with Crippen LogP contribution in [0.25, 0.3) is 0 Å². The fourth-order valence-electron chi connectivity index (χ4n) is 2.62. The Kier molecular flexibility index (Phi) is 9.15. The normalized spacial score (nSPS) is 10.5. The Hall–Kier alpha value is -3.75. The van der Waals surface area contributed by atoms with Gasteiger partial charge in [-0.1, -0.05) is 6.92 Å². The maximum Gasteiger partial charge on any atom is 0.259 e. The lowest BCUT2D eigenvalue weighted by Crippen LogP contribution is -2.34. The van der Waals surface area contributed by atoms with Crippen molar-refractivity contribution < 1.29 is 28.5 Å². The van der Waals surface area contributed by atoms with Gasteiger partial charge in [0.2, 0.25) is 5.75 Å². The van der Waals surface area contributed by atoms with Gasteiger partial charge in [0.05, 0.1) is 40.7 Å². The number of nitrogens with zero attached hydrogens (tertiary/aromatic N) is 1. The van der Waals surface area contributed by atoms with Crippen LogP contribution in [0.2, 0.25) is 0 Å². The third-order valence-electron chi connectivity index (χ3n) is 4.13. The van der Waals surface area contributed by atoms with Crippen molar-refractivity contribution in [3.8, 4) is 23.0 Å². The number of carbonyl (C=O) groups excluding carboxylic acids is 2. The highest BCUT2D eigenvalue weighted by atomic mass is 16.5. The number of rotatable bonds is 11. The first kappa shape index (κ1) is 23.5. The fraction of sp³-hybridized carbons (Fsp3) is 0.318. The third kappa shape index (κ3) is 6.63. The summed E-state index contributed by atoms with van der Waals surface area (Å²) in [6.07, 6.45) is 2.31. The Bertz CT molecular complexity index is 912. The quantitative estimate of drug-likeness (QED) is 0.420. The molecule has 0 atom stereocenters. The molecule has 2 rings (SSSR count). The summed E-state index contributed by atoms with van der Waals surface area (Å²) in [6, 6.07) is 10.1. The highest BCUT2D eigenvalue weighted by Gasteiger charge is 2.14. The van der Waals surface area contributed by atoms with Crippen molar-refractivity contribution in [1.29, 1.82) is 0 Å². The van der Waals surface area contributed by atoms with Crippen LogP contribution in [0.1, 0.15) is 29.3 Å². The van der Waals surface area contributed by atoms with Gasteiger partial charge in [-0.2, -0.15) is 5.10 Å². The second-order valence-corrected chi connectivity index (χ2v) is 6.27. The average molecular weight is 429 g/mol. The topological polar surface area (TPSA) is 107 Å².